The molecule has 2 aromatic carbocycles. The number of carbonyl (C=O) groups excluding carboxylic acids is 2. The van der Waals surface area contributed by atoms with Gasteiger partial charge in [0.25, 0.3) is 5.91 Å². The highest BCUT2D eigenvalue weighted by atomic mass is 16.5. The van der Waals surface area contributed by atoms with Gasteiger partial charge in [-0.05, 0) is 42.7 Å². The summed E-state index contributed by atoms with van der Waals surface area (Å²) < 4.78 is 5.22. The van der Waals surface area contributed by atoms with Crippen molar-refractivity contribution in [2.24, 2.45) is 0 Å². The predicted octanol–water partition coefficient (Wildman–Crippen LogP) is 3.12. The van der Waals surface area contributed by atoms with Gasteiger partial charge in [-0.3, -0.25) is 19.4 Å². The molecule has 33 heavy (non-hydrogen) atoms. The van der Waals surface area contributed by atoms with E-state index in [9.17, 15) is 9.59 Å². The van der Waals surface area contributed by atoms with Crippen molar-refractivity contribution in [1.29, 1.82) is 0 Å². The Hall–Kier alpha value is -2.90. The zero-order valence-corrected chi connectivity index (χ0v) is 19.4. The maximum Gasteiger partial charge on any atom is 0.253 e. The first kappa shape index (κ1) is 23.3. The Kier molecular flexibility index (Phi) is 7.96. The van der Waals surface area contributed by atoms with Crippen molar-refractivity contribution in [2.45, 2.75) is 38.3 Å². The van der Waals surface area contributed by atoms with E-state index in [0.29, 0.717) is 17.8 Å². The first-order valence-corrected chi connectivity index (χ1v) is 11.9. The van der Waals surface area contributed by atoms with E-state index in [4.69, 9.17) is 4.74 Å². The molecule has 1 heterocycles. The summed E-state index contributed by atoms with van der Waals surface area (Å²) in [6, 6.07) is 15.7. The zero-order chi connectivity index (χ0) is 23.0. The molecule has 2 fully saturated rings. The van der Waals surface area contributed by atoms with Crippen molar-refractivity contribution >= 4 is 17.5 Å². The lowest BCUT2D eigenvalue weighted by Gasteiger charge is -2.34. The van der Waals surface area contributed by atoms with E-state index < -0.39 is 0 Å². The summed E-state index contributed by atoms with van der Waals surface area (Å²) in [5.74, 6) is 0.678. The van der Waals surface area contributed by atoms with Gasteiger partial charge in [-0.2, -0.15) is 0 Å². The number of anilines is 1. The fourth-order valence-corrected chi connectivity index (χ4v) is 4.61. The SMILES string of the molecule is COc1ccc(CN2CCN(CC(=O)Nc3ccccc3C(=O)NC3CCCC3)CC2)cc1. The molecule has 1 aliphatic carbocycles. The van der Waals surface area contributed by atoms with E-state index in [0.717, 1.165) is 64.2 Å². The molecule has 0 radical (unpaired) electrons. The van der Waals surface area contributed by atoms with Gasteiger partial charge in [0.2, 0.25) is 5.91 Å². The molecule has 0 bridgehead atoms. The Labute approximate surface area is 196 Å². The van der Waals surface area contributed by atoms with E-state index in [1.165, 1.54) is 5.56 Å². The summed E-state index contributed by atoms with van der Waals surface area (Å²) in [6.45, 7) is 4.74. The van der Waals surface area contributed by atoms with Crippen molar-refractivity contribution in [3.63, 3.8) is 0 Å². The summed E-state index contributed by atoms with van der Waals surface area (Å²) in [5.41, 5.74) is 2.37. The highest BCUT2D eigenvalue weighted by molar-refractivity contribution is 6.04. The maximum atomic E-state index is 12.7. The topological polar surface area (TPSA) is 73.9 Å². The van der Waals surface area contributed by atoms with Crippen LogP contribution in [0.2, 0.25) is 0 Å². The molecule has 0 atom stereocenters. The van der Waals surface area contributed by atoms with Crippen molar-refractivity contribution in [1.82, 2.24) is 15.1 Å². The van der Waals surface area contributed by atoms with Gasteiger partial charge < -0.3 is 15.4 Å². The van der Waals surface area contributed by atoms with Crippen molar-refractivity contribution in [2.75, 3.05) is 45.2 Å². The third-order valence-corrected chi connectivity index (χ3v) is 6.53. The number of hydrogen-bond acceptors (Lipinski definition) is 5. The molecular formula is C26H34N4O3. The van der Waals surface area contributed by atoms with E-state index in [1.807, 2.05) is 24.3 Å². The summed E-state index contributed by atoms with van der Waals surface area (Å²) in [7, 11) is 1.67. The van der Waals surface area contributed by atoms with Gasteiger partial charge in [0.15, 0.2) is 0 Å². The lowest BCUT2D eigenvalue weighted by atomic mass is 10.1. The lowest BCUT2D eigenvalue weighted by Crippen LogP contribution is -2.48. The van der Waals surface area contributed by atoms with Crippen LogP contribution in [0.3, 0.4) is 0 Å². The maximum absolute atomic E-state index is 12.7. The standard InChI is InChI=1S/C26H34N4O3/c1-33-22-12-10-20(11-13-22)18-29-14-16-30(17-15-29)19-25(31)28-24-9-5-4-8-23(24)26(32)27-21-6-2-3-7-21/h4-5,8-13,21H,2-3,6-7,14-19H2,1H3,(H,27,32)(H,28,31). The van der Waals surface area contributed by atoms with Crippen molar-refractivity contribution in [3.8, 4) is 5.75 Å². The van der Waals surface area contributed by atoms with Crippen LogP contribution >= 0.6 is 0 Å². The molecule has 2 aromatic rings. The second-order valence-electron chi connectivity index (χ2n) is 8.95. The van der Waals surface area contributed by atoms with Gasteiger partial charge in [0, 0.05) is 38.8 Å². The van der Waals surface area contributed by atoms with Gasteiger partial charge in [0.1, 0.15) is 5.75 Å². The molecule has 7 nitrogen and oxygen atoms in total. The smallest absolute Gasteiger partial charge is 0.253 e. The van der Waals surface area contributed by atoms with Gasteiger partial charge in [-0.25, -0.2) is 0 Å². The second-order valence-corrected chi connectivity index (χ2v) is 8.95. The number of nitrogens with zero attached hydrogens (tertiary/aromatic N) is 2. The number of benzene rings is 2. The zero-order valence-electron chi connectivity index (χ0n) is 19.4. The largest absolute Gasteiger partial charge is 0.497 e. The molecule has 2 amide bonds. The third kappa shape index (κ3) is 6.55. The Morgan fingerprint density at radius 3 is 2.30 bits per heavy atom. The second kappa shape index (κ2) is 11.3. The first-order valence-electron chi connectivity index (χ1n) is 11.9. The number of rotatable bonds is 8. The van der Waals surface area contributed by atoms with Crippen molar-refractivity contribution in [3.05, 3.63) is 59.7 Å². The number of nitrogens with one attached hydrogen (secondary N) is 2. The molecular weight excluding hydrogens is 416 g/mol. The van der Waals surface area contributed by atoms with Crippen LogP contribution in [-0.4, -0.2) is 67.5 Å². The highest BCUT2D eigenvalue weighted by Crippen LogP contribution is 2.20. The van der Waals surface area contributed by atoms with Crippen LogP contribution < -0.4 is 15.4 Å². The number of para-hydroxylation sites is 1. The minimum atomic E-state index is -0.107. The van der Waals surface area contributed by atoms with Gasteiger partial charge >= 0.3 is 0 Å². The molecule has 176 valence electrons. The predicted molar refractivity (Wildman–Crippen MR) is 130 cm³/mol. The minimum Gasteiger partial charge on any atom is -0.497 e. The molecule has 1 saturated heterocycles. The summed E-state index contributed by atoms with van der Waals surface area (Å²) in [4.78, 5) is 30.0. The summed E-state index contributed by atoms with van der Waals surface area (Å²) >= 11 is 0. The average molecular weight is 451 g/mol. The molecule has 7 heteroatoms. The summed E-state index contributed by atoms with van der Waals surface area (Å²) in [6.07, 6.45) is 4.39. The Morgan fingerprint density at radius 1 is 0.939 bits per heavy atom. The van der Waals surface area contributed by atoms with E-state index in [-0.39, 0.29) is 17.9 Å². The molecule has 0 spiro atoms. The van der Waals surface area contributed by atoms with Crippen LogP contribution in [0.4, 0.5) is 5.69 Å². The Bertz CT molecular complexity index is 933. The van der Waals surface area contributed by atoms with E-state index in [2.05, 4.69) is 32.6 Å². The molecule has 2 aliphatic rings. The minimum absolute atomic E-state index is 0.0836. The average Bonchev–Trinajstić information content (AvgIpc) is 3.34. The Morgan fingerprint density at radius 2 is 1.61 bits per heavy atom. The Balaban J connectivity index is 1.24. The van der Waals surface area contributed by atoms with E-state index in [1.54, 1.807) is 19.2 Å². The fraction of sp³-hybridized carbons (Fsp3) is 0.462. The number of hydrogen-bond donors (Lipinski definition) is 2. The van der Waals surface area contributed by atoms with Gasteiger partial charge in [-0.15, -0.1) is 0 Å². The quantitative estimate of drug-likeness (QED) is 0.647. The van der Waals surface area contributed by atoms with Crippen LogP contribution in [-0.2, 0) is 11.3 Å². The van der Waals surface area contributed by atoms with Gasteiger partial charge in [-0.1, -0.05) is 37.1 Å². The highest BCUT2D eigenvalue weighted by Gasteiger charge is 2.22. The van der Waals surface area contributed by atoms with E-state index >= 15 is 0 Å². The normalized spacial score (nSPS) is 17.6. The molecule has 1 saturated carbocycles. The fourth-order valence-electron chi connectivity index (χ4n) is 4.61. The number of methoxy groups -OCH3 is 1. The monoisotopic (exact) mass is 450 g/mol. The van der Waals surface area contributed by atoms with Gasteiger partial charge in [0.05, 0.1) is 24.9 Å². The van der Waals surface area contributed by atoms with Crippen LogP contribution in [0.5, 0.6) is 5.75 Å². The lowest BCUT2D eigenvalue weighted by molar-refractivity contribution is -0.117. The van der Waals surface area contributed by atoms with Crippen LogP contribution in [0, 0.1) is 0 Å². The third-order valence-electron chi connectivity index (χ3n) is 6.53. The van der Waals surface area contributed by atoms with Crippen molar-refractivity contribution < 1.29 is 14.3 Å². The number of amides is 2. The molecule has 0 aromatic heterocycles. The molecule has 2 N–H and O–H groups in total. The summed E-state index contributed by atoms with van der Waals surface area (Å²) in [5, 5.41) is 6.07. The number of ether oxygens (including phenoxy) is 1. The van der Waals surface area contributed by atoms with Crippen LogP contribution in [0.1, 0.15) is 41.6 Å². The molecule has 0 unspecified atom stereocenters. The first-order chi connectivity index (χ1) is 16.1. The van der Waals surface area contributed by atoms with Crippen LogP contribution in [0.15, 0.2) is 48.5 Å². The number of piperazine rings is 1. The molecule has 1 aliphatic heterocycles. The number of carbonyl (C=O) groups is 2. The van der Waals surface area contributed by atoms with Crippen LogP contribution in [0.25, 0.3) is 0 Å². The molecule has 4 rings (SSSR count).